The maximum absolute atomic E-state index is 12.8. The molecule has 0 saturated carbocycles. The number of rotatable bonds is 7. The van der Waals surface area contributed by atoms with Gasteiger partial charge in [-0.1, -0.05) is 18.2 Å². The van der Waals surface area contributed by atoms with Gasteiger partial charge in [-0.25, -0.2) is 8.42 Å². The Kier molecular flexibility index (Phi) is 9.23. The van der Waals surface area contributed by atoms with Crippen LogP contribution in [0.5, 0.6) is 0 Å². The molecular weight excluding hydrogens is 382 g/mol. The van der Waals surface area contributed by atoms with Crippen LogP contribution in [0.3, 0.4) is 0 Å². The van der Waals surface area contributed by atoms with Crippen LogP contribution in [0.4, 0.5) is 0 Å². The Morgan fingerprint density at radius 3 is 2.68 bits per heavy atom. The first-order chi connectivity index (χ1) is 11.4. The van der Waals surface area contributed by atoms with Gasteiger partial charge in [-0.05, 0) is 43.4 Å². The smallest absolute Gasteiger partial charge is 0.241 e. The molecule has 1 aromatic rings. The van der Waals surface area contributed by atoms with Gasteiger partial charge in [0.15, 0.2) is 0 Å². The van der Waals surface area contributed by atoms with Gasteiger partial charge in [0, 0.05) is 19.1 Å². The van der Waals surface area contributed by atoms with E-state index in [1.807, 2.05) is 6.26 Å². The second kappa shape index (κ2) is 10.4. The van der Waals surface area contributed by atoms with Crippen molar-refractivity contribution in [2.24, 2.45) is 5.73 Å². The minimum Gasteiger partial charge on any atom is -0.340 e. The molecule has 2 unspecified atom stereocenters. The Hall–Kier alpha value is -0.800. The highest BCUT2D eigenvalue weighted by molar-refractivity contribution is 7.98. The molecule has 0 aliphatic carbocycles. The Labute approximate surface area is 160 Å². The summed E-state index contributed by atoms with van der Waals surface area (Å²) in [5.74, 6) is 0.520. The van der Waals surface area contributed by atoms with Gasteiger partial charge in [-0.3, -0.25) is 4.79 Å². The largest absolute Gasteiger partial charge is 0.340 e. The molecule has 1 saturated heterocycles. The van der Waals surface area contributed by atoms with Crippen molar-refractivity contribution in [3.05, 3.63) is 30.3 Å². The molecule has 0 bridgehead atoms. The van der Waals surface area contributed by atoms with E-state index in [-0.39, 0.29) is 29.3 Å². The third-order valence-electron chi connectivity index (χ3n) is 4.03. The van der Waals surface area contributed by atoms with Crippen LogP contribution in [0.1, 0.15) is 19.3 Å². The molecule has 1 aliphatic heterocycles. The third-order valence-corrected chi connectivity index (χ3v) is 6.16. The molecule has 0 aromatic heterocycles. The SMILES string of the molecule is CSCCC(NS(=O)(=O)c1ccccc1)C(=O)N1CCCC(N)C1.Cl. The van der Waals surface area contributed by atoms with Gasteiger partial charge in [0.2, 0.25) is 15.9 Å². The molecule has 2 atom stereocenters. The molecule has 1 aromatic carbocycles. The van der Waals surface area contributed by atoms with E-state index in [9.17, 15) is 13.2 Å². The number of piperidine rings is 1. The number of nitrogens with one attached hydrogen (secondary N) is 1. The molecule has 2 rings (SSSR count). The fraction of sp³-hybridized carbons (Fsp3) is 0.562. The average molecular weight is 408 g/mol. The van der Waals surface area contributed by atoms with E-state index < -0.39 is 16.1 Å². The first-order valence-corrected chi connectivity index (χ1v) is 10.9. The number of thioether (sulfide) groups is 1. The number of hydrogen-bond acceptors (Lipinski definition) is 5. The number of benzene rings is 1. The van der Waals surface area contributed by atoms with Crippen molar-refractivity contribution in [1.82, 2.24) is 9.62 Å². The van der Waals surface area contributed by atoms with Crippen molar-refractivity contribution in [3.63, 3.8) is 0 Å². The van der Waals surface area contributed by atoms with E-state index in [1.165, 1.54) is 12.1 Å². The number of carbonyl (C=O) groups is 1. The first-order valence-electron chi connectivity index (χ1n) is 8.04. The lowest BCUT2D eigenvalue weighted by Gasteiger charge is -2.33. The molecular formula is C16H26ClN3O3S2. The molecule has 9 heteroatoms. The standard InChI is InChI=1S/C16H25N3O3S2.ClH/c1-23-11-9-15(16(20)19-10-5-6-13(17)12-19)18-24(21,22)14-7-3-2-4-8-14;/h2-4,7-8,13,15,18H,5-6,9-12,17H2,1H3;1H. The lowest BCUT2D eigenvalue weighted by molar-refractivity contribution is -0.134. The molecule has 142 valence electrons. The van der Waals surface area contributed by atoms with E-state index in [0.717, 1.165) is 12.8 Å². The zero-order valence-corrected chi connectivity index (χ0v) is 16.7. The van der Waals surface area contributed by atoms with Crippen LogP contribution in [0.2, 0.25) is 0 Å². The molecule has 0 spiro atoms. The molecule has 6 nitrogen and oxygen atoms in total. The number of nitrogens with zero attached hydrogens (tertiary/aromatic N) is 1. The van der Waals surface area contributed by atoms with Crippen molar-refractivity contribution in [3.8, 4) is 0 Å². The van der Waals surface area contributed by atoms with Gasteiger partial charge < -0.3 is 10.6 Å². The summed E-state index contributed by atoms with van der Waals surface area (Å²) >= 11 is 1.59. The fourth-order valence-electron chi connectivity index (χ4n) is 2.75. The van der Waals surface area contributed by atoms with E-state index in [2.05, 4.69) is 4.72 Å². The Bertz CT molecular complexity index is 643. The van der Waals surface area contributed by atoms with Crippen molar-refractivity contribution < 1.29 is 13.2 Å². The lowest BCUT2D eigenvalue weighted by atomic mass is 10.1. The number of sulfonamides is 1. The van der Waals surface area contributed by atoms with E-state index in [1.54, 1.807) is 34.9 Å². The quantitative estimate of drug-likeness (QED) is 0.713. The van der Waals surface area contributed by atoms with Crippen LogP contribution in [0, 0.1) is 0 Å². The van der Waals surface area contributed by atoms with Gasteiger partial charge in [0.1, 0.15) is 6.04 Å². The number of amides is 1. The Morgan fingerprint density at radius 2 is 2.08 bits per heavy atom. The van der Waals surface area contributed by atoms with Crippen molar-refractivity contribution in [2.75, 3.05) is 25.1 Å². The van der Waals surface area contributed by atoms with Crippen LogP contribution in [0.15, 0.2) is 35.2 Å². The first kappa shape index (κ1) is 22.2. The lowest BCUT2D eigenvalue weighted by Crippen LogP contribution is -2.53. The number of nitrogens with two attached hydrogens (primary N) is 1. The molecule has 25 heavy (non-hydrogen) atoms. The zero-order chi connectivity index (χ0) is 17.6. The normalized spacial score (nSPS) is 19.1. The fourth-order valence-corrected chi connectivity index (χ4v) is 4.47. The summed E-state index contributed by atoms with van der Waals surface area (Å²) in [5, 5.41) is 0. The summed E-state index contributed by atoms with van der Waals surface area (Å²) < 4.78 is 27.7. The number of hydrogen-bond donors (Lipinski definition) is 2. The van der Waals surface area contributed by atoms with Gasteiger partial charge in [-0.2, -0.15) is 16.5 Å². The zero-order valence-electron chi connectivity index (χ0n) is 14.3. The van der Waals surface area contributed by atoms with Crippen LogP contribution in [-0.4, -0.2) is 56.4 Å². The maximum Gasteiger partial charge on any atom is 0.241 e. The van der Waals surface area contributed by atoms with Crippen molar-refractivity contribution in [1.29, 1.82) is 0 Å². The predicted octanol–water partition coefficient (Wildman–Crippen LogP) is 1.46. The molecule has 1 heterocycles. The maximum atomic E-state index is 12.8. The summed E-state index contributed by atoms with van der Waals surface area (Å²) in [6.07, 6.45) is 4.14. The summed E-state index contributed by atoms with van der Waals surface area (Å²) in [4.78, 5) is 14.6. The van der Waals surface area contributed by atoms with Crippen LogP contribution in [0.25, 0.3) is 0 Å². The molecule has 3 N–H and O–H groups in total. The van der Waals surface area contributed by atoms with Crippen LogP contribution >= 0.6 is 24.2 Å². The highest BCUT2D eigenvalue weighted by Crippen LogP contribution is 2.15. The summed E-state index contributed by atoms with van der Waals surface area (Å²) in [5.41, 5.74) is 5.94. The summed E-state index contributed by atoms with van der Waals surface area (Å²) in [6.45, 7) is 1.12. The van der Waals surface area contributed by atoms with Gasteiger partial charge in [0.05, 0.1) is 4.90 Å². The Morgan fingerprint density at radius 1 is 1.40 bits per heavy atom. The van der Waals surface area contributed by atoms with Gasteiger partial charge in [-0.15, -0.1) is 12.4 Å². The number of carbonyl (C=O) groups excluding carboxylic acids is 1. The molecule has 0 radical (unpaired) electrons. The number of halogens is 1. The van der Waals surface area contributed by atoms with E-state index >= 15 is 0 Å². The minimum absolute atomic E-state index is 0. The highest BCUT2D eigenvalue weighted by atomic mass is 35.5. The molecule has 1 fully saturated rings. The highest BCUT2D eigenvalue weighted by Gasteiger charge is 2.31. The summed E-state index contributed by atoms with van der Waals surface area (Å²) in [7, 11) is -3.73. The topological polar surface area (TPSA) is 92.5 Å². The second-order valence-electron chi connectivity index (χ2n) is 5.95. The van der Waals surface area contributed by atoms with Crippen molar-refractivity contribution in [2.45, 2.75) is 36.2 Å². The van der Waals surface area contributed by atoms with E-state index in [4.69, 9.17) is 5.73 Å². The minimum atomic E-state index is -3.73. The van der Waals surface area contributed by atoms with Gasteiger partial charge in [0.25, 0.3) is 0 Å². The third kappa shape index (κ3) is 6.45. The predicted molar refractivity (Wildman–Crippen MR) is 105 cm³/mol. The number of likely N-dealkylation sites (tertiary alicyclic amines) is 1. The monoisotopic (exact) mass is 407 g/mol. The van der Waals surface area contributed by atoms with E-state index in [0.29, 0.717) is 25.3 Å². The molecule has 1 amide bonds. The Balaban J connectivity index is 0.00000312. The van der Waals surface area contributed by atoms with Crippen molar-refractivity contribution >= 4 is 40.1 Å². The summed E-state index contributed by atoms with van der Waals surface area (Å²) in [6, 6.07) is 7.34. The van der Waals surface area contributed by atoms with Crippen LogP contribution in [-0.2, 0) is 14.8 Å². The van der Waals surface area contributed by atoms with Crippen LogP contribution < -0.4 is 10.5 Å². The second-order valence-corrected chi connectivity index (χ2v) is 8.65. The average Bonchev–Trinajstić information content (AvgIpc) is 2.58. The molecule has 1 aliphatic rings. The van der Waals surface area contributed by atoms with Gasteiger partial charge >= 0.3 is 0 Å².